The highest BCUT2D eigenvalue weighted by atomic mass is 32.2. The van der Waals surface area contributed by atoms with E-state index in [-0.39, 0.29) is 12.3 Å². The van der Waals surface area contributed by atoms with Crippen molar-refractivity contribution in [2.24, 2.45) is 5.92 Å². The van der Waals surface area contributed by atoms with Crippen LogP contribution in [0.25, 0.3) is 0 Å². The smallest absolute Gasteiger partial charge is 0.315 e. The van der Waals surface area contributed by atoms with Gasteiger partial charge in [-0.2, -0.15) is 0 Å². The van der Waals surface area contributed by atoms with Crippen LogP contribution >= 0.6 is 0 Å². The number of rotatable bonds is 5. The molecule has 1 saturated carbocycles. The molecule has 2 unspecified atom stereocenters. The van der Waals surface area contributed by atoms with Crippen molar-refractivity contribution < 1.29 is 23.1 Å². The number of amides is 2. The molecule has 0 bridgehead atoms. The Kier molecular flexibility index (Phi) is 6.25. The van der Waals surface area contributed by atoms with Crippen molar-refractivity contribution in [3.8, 4) is 0 Å². The summed E-state index contributed by atoms with van der Waals surface area (Å²) < 4.78 is 21.9. The molecule has 0 aromatic carbocycles. The summed E-state index contributed by atoms with van der Waals surface area (Å²) in [4.78, 5) is 22.9. The first-order chi connectivity index (χ1) is 9.29. The number of sulfone groups is 1. The SMILES string of the molecule is CS(=O)(=O)CCNC(=O)NC1CCCCCC1C(=O)O. The third-order valence-corrected chi connectivity index (χ3v) is 4.35. The second kappa shape index (κ2) is 7.47. The fraction of sp³-hybridized carbons (Fsp3) is 0.833. The standard InChI is InChI=1S/C12H22N2O5S/c1-20(18,19)8-7-13-12(17)14-10-6-4-2-3-5-9(10)11(15)16/h9-10H,2-8H2,1H3,(H,15,16)(H2,13,14,17). The first-order valence-corrected chi connectivity index (χ1v) is 8.80. The van der Waals surface area contributed by atoms with E-state index >= 15 is 0 Å². The van der Waals surface area contributed by atoms with E-state index in [2.05, 4.69) is 10.6 Å². The van der Waals surface area contributed by atoms with Crippen LogP contribution in [0.1, 0.15) is 32.1 Å². The predicted octanol–water partition coefficient (Wildman–Crippen LogP) is 0.364. The Morgan fingerprint density at radius 3 is 2.45 bits per heavy atom. The first-order valence-electron chi connectivity index (χ1n) is 6.74. The highest BCUT2D eigenvalue weighted by molar-refractivity contribution is 7.90. The molecule has 1 aliphatic carbocycles. The van der Waals surface area contributed by atoms with Gasteiger partial charge in [-0.05, 0) is 12.8 Å². The maximum Gasteiger partial charge on any atom is 0.315 e. The van der Waals surface area contributed by atoms with Gasteiger partial charge in [-0.3, -0.25) is 4.79 Å². The van der Waals surface area contributed by atoms with Crippen LogP contribution < -0.4 is 10.6 Å². The number of hydrogen-bond acceptors (Lipinski definition) is 4. The molecular formula is C12H22N2O5S. The highest BCUT2D eigenvalue weighted by Gasteiger charge is 2.30. The summed E-state index contributed by atoms with van der Waals surface area (Å²) in [7, 11) is -3.12. The Labute approximate surface area is 119 Å². The maximum absolute atomic E-state index is 11.7. The van der Waals surface area contributed by atoms with Gasteiger partial charge in [-0.25, -0.2) is 13.2 Å². The number of aliphatic carboxylic acids is 1. The van der Waals surface area contributed by atoms with Gasteiger partial charge in [0.15, 0.2) is 0 Å². The molecule has 2 amide bonds. The molecule has 0 saturated heterocycles. The Hall–Kier alpha value is -1.31. The van der Waals surface area contributed by atoms with Crippen LogP contribution in [-0.4, -0.2) is 50.1 Å². The largest absolute Gasteiger partial charge is 0.481 e. The van der Waals surface area contributed by atoms with E-state index in [4.69, 9.17) is 0 Å². The quantitative estimate of drug-likeness (QED) is 0.635. The number of carbonyl (C=O) groups excluding carboxylic acids is 1. The summed E-state index contributed by atoms with van der Waals surface area (Å²) in [6, 6.07) is -0.903. The topological polar surface area (TPSA) is 113 Å². The Morgan fingerprint density at radius 2 is 1.85 bits per heavy atom. The summed E-state index contributed by atoms with van der Waals surface area (Å²) in [6.07, 6.45) is 5.00. The van der Waals surface area contributed by atoms with Crippen molar-refractivity contribution >= 4 is 21.8 Å². The van der Waals surface area contributed by atoms with Crippen molar-refractivity contribution in [1.82, 2.24) is 10.6 Å². The highest BCUT2D eigenvalue weighted by Crippen LogP contribution is 2.23. The summed E-state index contributed by atoms with van der Waals surface area (Å²) in [5.74, 6) is -1.60. The third kappa shape index (κ3) is 6.23. The number of carboxylic acids is 1. The maximum atomic E-state index is 11.7. The molecule has 0 spiro atoms. The summed E-state index contributed by atoms with van der Waals surface area (Å²) in [5.41, 5.74) is 0. The van der Waals surface area contributed by atoms with Gasteiger partial charge in [0.2, 0.25) is 0 Å². The molecule has 0 aromatic rings. The van der Waals surface area contributed by atoms with E-state index in [1.807, 2.05) is 0 Å². The molecule has 116 valence electrons. The second-order valence-corrected chi connectivity index (χ2v) is 7.48. The lowest BCUT2D eigenvalue weighted by atomic mass is 9.95. The lowest BCUT2D eigenvalue weighted by Gasteiger charge is -2.22. The van der Waals surface area contributed by atoms with E-state index < -0.39 is 33.8 Å². The molecule has 2 atom stereocenters. The Morgan fingerprint density at radius 1 is 1.20 bits per heavy atom. The lowest BCUT2D eigenvalue weighted by molar-refractivity contribution is -0.142. The van der Waals surface area contributed by atoms with Crippen LogP contribution in [0, 0.1) is 5.92 Å². The fourth-order valence-electron chi connectivity index (χ4n) is 2.35. The van der Waals surface area contributed by atoms with Gasteiger partial charge in [-0.15, -0.1) is 0 Å². The fourth-order valence-corrected chi connectivity index (χ4v) is 2.82. The van der Waals surface area contributed by atoms with Gasteiger partial charge in [0.1, 0.15) is 9.84 Å². The Bertz CT molecular complexity index is 449. The van der Waals surface area contributed by atoms with Gasteiger partial charge in [0, 0.05) is 18.8 Å². The molecule has 1 aliphatic rings. The monoisotopic (exact) mass is 306 g/mol. The second-order valence-electron chi connectivity index (χ2n) is 5.22. The molecule has 7 nitrogen and oxygen atoms in total. The van der Waals surface area contributed by atoms with E-state index in [0.29, 0.717) is 12.8 Å². The van der Waals surface area contributed by atoms with Crippen LogP contribution in [0.2, 0.25) is 0 Å². The van der Waals surface area contributed by atoms with Gasteiger partial charge in [0.25, 0.3) is 0 Å². The van der Waals surface area contributed by atoms with Crippen LogP contribution in [0.3, 0.4) is 0 Å². The molecule has 1 rings (SSSR count). The molecule has 1 fully saturated rings. The summed E-state index contributed by atoms with van der Waals surface area (Å²) in [5, 5.41) is 14.3. The average molecular weight is 306 g/mol. The third-order valence-electron chi connectivity index (χ3n) is 3.41. The van der Waals surface area contributed by atoms with Crippen molar-refractivity contribution in [3.05, 3.63) is 0 Å². The molecule has 0 radical (unpaired) electrons. The van der Waals surface area contributed by atoms with Crippen LogP contribution in [0.15, 0.2) is 0 Å². The summed E-state index contributed by atoms with van der Waals surface area (Å²) >= 11 is 0. The van der Waals surface area contributed by atoms with Crippen LogP contribution in [-0.2, 0) is 14.6 Å². The first kappa shape index (κ1) is 16.7. The van der Waals surface area contributed by atoms with Gasteiger partial charge < -0.3 is 15.7 Å². The Balaban J connectivity index is 2.47. The summed E-state index contributed by atoms with van der Waals surface area (Å²) in [6.45, 7) is 0.0229. The molecule has 3 N–H and O–H groups in total. The zero-order valence-corrected chi connectivity index (χ0v) is 12.4. The molecule has 0 aliphatic heterocycles. The van der Waals surface area contributed by atoms with Crippen molar-refractivity contribution in [1.29, 1.82) is 0 Å². The minimum Gasteiger partial charge on any atom is -0.481 e. The number of carboxylic acid groups (broad SMARTS) is 1. The number of carbonyl (C=O) groups is 2. The van der Waals surface area contributed by atoms with E-state index in [1.54, 1.807) is 0 Å². The lowest BCUT2D eigenvalue weighted by Crippen LogP contribution is -2.48. The van der Waals surface area contributed by atoms with Crippen molar-refractivity contribution in [2.75, 3.05) is 18.6 Å². The molecular weight excluding hydrogens is 284 g/mol. The number of urea groups is 1. The predicted molar refractivity (Wildman–Crippen MR) is 74.2 cm³/mol. The number of nitrogens with one attached hydrogen (secondary N) is 2. The minimum atomic E-state index is -3.12. The van der Waals surface area contributed by atoms with Crippen molar-refractivity contribution in [2.45, 2.75) is 38.1 Å². The molecule has 0 aromatic heterocycles. The van der Waals surface area contributed by atoms with Gasteiger partial charge in [-0.1, -0.05) is 19.3 Å². The molecule has 8 heteroatoms. The molecule has 20 heavy (non-hydrogen) atoms. The van der Waals surface area contributed by atoms with Crippen molar-refractivity contribution in [3.63, 3.8) is 0 Å². The van der Waals surface area contributed by atoms with Gasteiger partial charge >= 0.3 is 12.0 Å². The zero-order valence-electron chi connectivity index (χ0n) is 11.6. The zero-order chi connectivity index (χ0) is 15.2. The minimum absolute atomic E-state index is 0.0229. The van der Waals surface area contributed by atoms with E-state index in [0.717, 1.165) is 25.5 Å². The van der Waals surface area contributed by atoms with Gasteiger partial charge in [0.05, 0.1) is 11.7 Å². The van der Waals surface area contributed by atoms with E-state index in [1.165, 1.54) is 0 Å². The van der Waals surface area contributed by atoms with E-state index in [9.17, 15) is 23.1 Å². The van der Waals surface area contributed by atoms with Crippen LogP contribution in [0.5, 0.6) is 0 Å². The number of hydrogen-bond donors (Lipinski definition) is 3. The normalized spacial score (nSPS) is 23.6. The van der Waals surface area contributed by atoms with Crippen LogP contribution in [0.4, 0.5) is 4.79 Å². The molecule has 0 heterocycles. The average Bonchev–Trinajstić information content (AvgIpc) is 2.52.